The molecular weight excluding hydrogens is 266 g/mol. The van der Waals surface area contributed by atoms with Crippen molar-refractivity contribution >= 4 is 17.6 Å². The van der Waals surface area contributed by atoms with Crippen LogP contribution in [-0.2, 0) is 4.79 Å². The van der Waals surface area contributed by atoms with E-state index in [0.717, 1.165) is 0 Å². The number of nitro benzene ring substituents is 1. The number of non-ortho nitro benzene ring substituents is 1. The Bertz CT molecular complexity index is 530. The van der Waals surface area contributed by atoms with E-state index in [4.69, 9.17) is 4.74 Å². The van der Waals surface area contributed by atoms with E-state index in [1.54, 1.807) is 0 Å². The molecule has 0 spiro atoms. The number of benzene rings is 1. The molecule has 1 aromatic rings. The molecule has 0 bridgehead atoms. The summed E-state index contributed by atoms with van der Waals surface area (Å²) in [5.41, 5.74) is -0.147. The molecule has 1 rings (SSSR count). The lowest BCUT2D eigenvalue weighted by atomic mass is 10.3. The van der Waals surface area contributed by atoms with Crippen LogP contribution >= 0.6 is 0 Å². The van der Waals surface area contributed by atoms with E-state index in [2.05, 4.69) is 11.9 Å². The maximum absolute atomic E-state index is 11.4. The SMILES string of the molecule is C=CCNC(=O)NC(=O)COc1cccc([N+](=O)[O-])c1. The van der Waals surface area contributed by atoms with Crippen LogP contribution in [0.4, 0.5) is 10.5 Å². The first kappa shape index (κ1) is 15.2. The van der Waals surface area contributed by atoms with Crippen LogP contribution in [-0.4, -0.2) is 30.0 Å². The van der Waals surface area contributed by atoms with Crippen LogP contribution in [0.1, 0.15) is 0 Å². The van der Waals surface area contributed by atoms with Gasteiger partial charge in [0.05, 0.1) is 11.0 Å². The Balaban J connectivity index is 2.44. The van der Waals surface area contributed by atoms with Crippen molar-refractivity contribution in [1.82, 2.24) is 10.6 Å². The normalized spacial score (nSPS) is 9.40. The summed E-state index contributed by atoms with van der Waals surface area (Å²) in [5, 5.41) is 14.9. The van der Waals surface area contributed by atoms with Gasteiger partial charge in [-0.3, -0.25) is 20.2 Å². The fraction of sp³-hybridized carbons (Fsp3) is 0.167. The molecule has 2 N–H and O–H groups in total. The van der Waals surface area contributed by atoms with Gasteiger partial charge in [-0.05, 0) is 6.07 Å². The number of nitrogens with zero attached hydrogens (tertiary/aromatic N) is 1. The number of carbonyl (C=O) groups excluding carboxylic acids is 2. The summed E-state index contributed by atoms with van der Waals surface area (Å²) in [6.07, 6.45) is 1.46. The maximum atomic E-state index is 11.4. The molecule has 8 heteroatoms. The van der Waals surface area contributed by atoms with Crippen molar-refractivity contribution in [3.8, 4) is 5.75 Å². The summed E-state index contributed by atoms with van der Waals surface area (Å²) in [4.78, 5) is 32.5. The van der Waals surface area contributed by atoms with Crippen LogP contribution in [0.25, 0.3) is 0 Å². The number of imide groups is 1. The smallest absolute Gasteiger partial charge is 0.321 e. The standard InChI is InChI=1S/C12H13N3O5/c1-2-6-13-12(17)14-11(16)8-20-10-5-3-4-9(7-10)15(18)19/h2-5,7H,1,6,8H2,(H2,13,14,16,17). The molecule has 20 heavy (non-hydrogen) atoms. The molecule has 0 aliphatic heterocycles. The highest BCUT2D eigenvalue weighted by Gasteiger charge is 2.10. The summed E-state index contributed by atoms with van der Waals surface area (Å²) in [6, 6.07) is 4.72. The number of hydrogen-bond donors (Lipinski definition) is 2. The second-order valence-electron chi connectivity index (χ2n) is 3.59. The summed E-state index contributed by atoms with van der Waals surface area (Å²) in [6.45, 7) is 3.20. The average Bonchev–Trinajstić information content (AvgIpc) is 2.43. The lowest BCUT2D eigenvalue weighted by molar-refractivity contribution is -0.384. The average molecular weight is 279 g/mol. The summed E-state index contributed by atoms with van der Waals surface area (Å²) in [5.74, 6) is -0.501. The minimum absolute atomic E-state index is 0.147. The second-order valence-corrected chi connectivity index (χ2v) is 3.59. The highest BCUT2D eigenvalue weighted by Crippen LogP contribution is 2.18. The van der Waals surface area contributed by atoms with Crippen LogP contribution in [0, 0.1) is 10.1 Å². The van der Waals surface area contributed by atoms with Crippen molar-refractivity contribution in [2.75, 3.05) is 13.2 Å². The molecule has 0 radical (unpaired) electrons. The maximum Gasteiger partial charge on any atom is 0.321 e. The van der Waals surface area contributed by atoms with Crippen molar-refractivity contribution in [1.29, 1.82) is 0 Å². The van der Waals surface area contributed by atoms with Crippen LogP contribution in [0.2, 0.25) is 0 Å². The van der Waals surface area contributed by atoms with E-state index in [0.29, 0.717) is 0 Å². The molecule has 0 heterocycles. The topological polar surface area (TPSA) is 111 Å². The Hall–Kier alpha value is -2.90. The van der Waals surface area contributed by atoms with E-state index in [1.807, 2.05) is 5.32 Å². The Morgan fingerprint density at radius 3 is 2.85 bits per heavy atom. The zero-order valence-electron chi connectivity index (χ0n) is 10.5. The number of urea groups is 1. The first-order valence-electron chi connectivity index (χ1n) is 5.58. The zero-order valence-corrected chi connectivity index (χ0v) is 10.5. The van der Waals surface area contributed by atoms with Gasteiger partial charge in [-0.2, -0.15) is 0 Å². The molecule has 0 unspecified atom stereocenters. The van der Waals surface area contributed by atoms with E-state index in [-0.39, 0.29) is 18.0 Å². The van der Waals surface area contributed by atoms with E-state index >= 15 is 0 Å². The van der Waals surface area contributed by atoms with Crippen molar-refractivity contribution in [3.05, 3.63) is 47.0 Å². The van der Waals surface area contributed by atoms with Gasteiger partial charge < -0.3 is 10.1 Å². The van der Waals surface area contributed by atoms with Gasteiger partial charge in [0.15, 0.2) is 6.61 Å². The van der Waals surface area contributed by atoms with Crippen molar-refractivity contribution < 1.29 is 19.2 Å². The van der Waals surface area contributed by atoms with Gasteiger partial charge >= 0.3 is 6.03 Å². The molecule has 8 nitrogen and oxygen atoms in total. The first-order chi connectivity index (χ1) is 9.52. The third-order valence-corrected chi connectivity index (χ3v) is 2.06. The van der Waals surface area contributed by atoms with Gasteiger partial charge in [0, 0.05) is 12.6 Å². The highest BCUT2D eigenvalue weighted by atomic mass is 16.6. The Morgan fingerprint density at radius 2 is 2.20 bits per heavy atom. The largest absolute Gasteiger partial charge is 0.484 e. The molecule has 3 amide bonds. The van der Waals surface area contributed by atoms with Crippen LogP contribution in [0.3, 0.4) is 0 Å². The quantitative estimate of drug-likeness (QED) is 0.458. The Kier molecular flexibility index (Phi) is 5.70. The second kappa shape index (κ2) is 7.52. The fourth-order valence-electron chi connectivity index (χ4n) is 1.21. The molecule has 0 saturated heterocycles. The van der Waals surface area contributed by atoms with E-state index in [1.165, 1.54) is 30.3 Å². The van der Waals surface area contributed by atoms with Gasteiger partial charge in [0.25, 0.3) is 11.6 Å². The number of amides is 3. The van der Waals surface area contributed by atoms with Crippen LogP contribution in [0.15, 0.2) is 36.9 Å². The molecule has 0 fully saturated rings. The van der Waals surface area contributed by atoms with Crippen LogP contribution < -0.4 is 15.4 Å². The first-order valence-corrected chi connectivity index (χ1v) is 5.58. The van der Waals surface area contributed by atoms with Crippen LogP contribution in [0.5, 0.6) is 5.75 Å². The molecule has 106 valence electrons. The molecule has 0 aliphatic carbocycles. The molecule has 1 aromatic carbocycles. The molecule has 0 aromatic heterocycles. The molecule has 0 aliphatic rings. The number of ether oxygens (including phenoxy) is 1. The summed E-state index contributed by atoms with van der Waals surface area (Å²) in [7, 11) is 0. The Labute approximate surface area is 114 Å². The molecule has 0 atom stereocenters. The third-order valence-electron chi connectivity index (χ3n) is 2.06. The fourth-order valence-corrected chi connectivity index (χ4v) is 1.21. The van der Waals surface area contributed by atoms with Gasteiger partial charge in [-0.15, -0.1) is 6.58 Å². The predicted molar refractivity (Wildman–Crippen MR) is 70.3 cm³/mol. The Morgan fingerprint density at radius 1 is 1.45 bits per heavy atom. The van der Waals surface area contributed by atoms with Gasteiger partial charge in [0.1, 0.15) is 5.75 Å². The monoisotopic (exact) mass is 279 g/mol. The minimum Gasteiger partial charge on any atom is -0.484 e. The lowest BCUT2D eigenvalue weighted by Gasteiger charge is -2.07. The van der Waals surface area contributed by atoms with E-state index < -0.39 is 23.5 Å². The van der Waals surface area contributed by atoms with Crippen molar-refractivity contribution in [2.24, 2.45) is 0 Å². The summed E-state index contributed by atoms with van der Waals surface area (Å²) < 4.78 is 5.05. The van der Waals surface area contributed by atoms with Gasteiger partial charge in [0.2, 0.25) is 0 Å². The minimum atomic E-state index is -0.669. The number of nitrogens with one attached hydrogen (secondary N) is 2. The number of hydrogen-bond acceptors (Lipinski definition) is 5. The number of carbonyl (C=O) groups is 2. The molecular formula is C12H13N3O5. The predicted octanol–water partition coefficient (Wildman–Crippen LogP) is 0.985. The zero-order chi connectivity index (χ0) is 15.0. The number of nitro groups is 1. The number of rotatable bonds is 6. The molecule has 0 saturated carbocycles. The lowest BCUT2D eigenvalue weighted by Crippen LogP contribution is -2.41. The van der Waals surface area contributed by atoms with Crippen molar-refractivity contribution in [3.63, 3.8) is 0 Å². The van der Waals surface area contributed by atoms with Gasteiger partial charge in [-0.1, -0.05) is 12.1 Å². The third kappa shape index (κ3) is 5.17. The van der Waals surface area contributed by atoms with E-state index in [9.17, 15) is 19.7 Å². The highest BCUT2D eigenvalue weighted by molar-refractivity contribution is 5.95. The summed E-state index contributed by atoms with van der Waals surface area (Å²) >= 11 is 0. The van der Waals surface area contributed by atoms with Gasteiger partial charge in [-0.25, -0.2) is 4.79 Å². The van der Waals surface area contributed by atoms with Crippen molar-refractivity contribution in [2.45, 2.75) is 0 Å².